The molecule has 57 heavy (non-hydrogen) atoms. The van der Waals surface area contributed by atoms with Gasteiger partial charge < -0.3 is 25.0 Å². The molecule has 17 heteroatoms. The summed E-state index contributed by atoms with van der Waals surface area (Å²) in [6.45, 7) is 7.36. The van der Waals surface area contributed by atoms with Crippen LogP contribution in [0.25, 0.3) is 21.9 Å². The summed E-state index contributed by atoms with van der Waals surface area (Å²) in [7, 11) is 3.36. The zero-order chi connectivity index (χ0) is 40.2. The normalized spacial score (nSPS) is 20.5. The number of ether oxygens (including phenoxy) is 2. The molecule has 3 atom stereocenters. The molecule has 3 N–H and O–H groups in total. The fraction of sp³-hybridized carbons (Fsp3) is 0.450. The number of fused-ring (bicyclic) bond motifs is 2. The number of aromatic nitrogens is 6. The van der Waals surface area contributed by atoms with E-state index in [-0.39, 0.29) is 53.2 Å². The summed E-state index contributed by atoms with van der Waals surface area (Å²) in [4.78, 5) is 65.4. The number of rotatable bonds is 10. The second-order valence-electron chi connectivity index (χ2n) is 15.8. The van der Waals surface area contributed by atoms with Crippen LogP contribution in [0.2, 0.25) is 5.02 Å². The van der Waals surface area contributed by atoms with Crippen molar-refractivity contribution < 1.29 is 23.9 Å². The standard InChI is InChI=1S/C40H45ClN10O6/c1-21(2)51-36-23(13-31(38(51)55)56-18-33(53)42-4)12-24(16-43-36)45-35-28(41)17-44-39(47-35)50-19-40(20-50)11-10-30(22(3)15-40)57-25-6-7-26-29(14-25)49(5)48-34(26)27-8-9-32(52)46-37(27)54/h6-7,12-14,16-17,21-22,27,30H,8-11,15,18-20H2,1-5H3,(H,42,53)(H,44,45,47)(H,46,52,54). The average Bonchev–Trinajstić information content (AvgIpc) is 3.49. The van der Waals surface area contributed by atoms with Gasteiger partial charge in [-0.2, -0.15) is 10.1 Å². The van der Waals surface area contributed by atoms with Crippen LogP contribution in [0.4, 0.5) is 17.5 Å². The highest BCUT2D eigenvalue weighted by atomic mass is 35.5. The van der Waals surface area contributed by atoms with Gasteiger partial charge in [0.1, 0.15) is 22.5 Å². The van der Waals surface area contributed by atoms with Crippen molar-refractivity contribution in [2.24, 2.45) is 18.4 Å². The molecule has 2 saturated heterocycles. The molecule has 16 nitrogen and oxygen atoms in total. The van der Waals surface area contributed by atoms with Gasteiger partial charge in [-0.3, -0.25) is 33.7 Å². The predicted molar refractivity (Wildman–Crippen MR) is 214 cm³/mol. The topological polar surface area (TPSA) is 187 Å². The Kier molecular flexibility index (Phi) is 10.0. The second-order valence-corrected chi connectivity index (χ2v) is 16.2. The van der Waals surface area contributed by atoms with E-state index in [0.717, 1.165) is 49.0 Å². The predicted octanol–water partition coefficient (Wildman–Crippen LogP) is 4.77. The number of carbonyl (C=O) groups is 3. The second kappa shape index (κ2) is 15.0. The molecule has 1 aromatic carbocycles. The monoisotopic (exact) mass is 796 g/mol. The molecule has 1 saturated carbocycles. The van der Waals surface area contributed by atoms with E-state index in [0.29, 0.717) is 58.0 Å². The van der Waals surface area contributed by atoms with Crippen molar-refractivity contribution in [2.75, 3.05) is 37.0 Å². The van der Waals surface area contributed by atoms with Gasteiger partial charge in [0.05, 0.1) is 35.2 Å². The maximum absolute atomic E-state index is 13.2. The molecule has 6 heterocycles. The number of likely N-dealkylation sites (N-methyl/N-ethyl adjacent to an activating group) is 1. The Morgan fingerprint density at radius 3 is 2.65 bits per heavy atom. The van der Waals surface area contributed by atoms with Gasteiger partial charge in [-0.1, -0.05) is 18.5 Å². The van der Waals surface area contributed by atoms with Gasteiger partial charge in [0.2, 0.25) is 17.8 Å². The molecule has 3 amide bonds. The van der Waals surface area contributed by atoms with E-state index >= 15 is 0 Å². The Balaban J connectivity index is 0.918. The van der Waals surface area contributed by atoms with Gasteiger partial charge >= 0.3 is 0 Å². The maximum atomic E-state index is 13.2. The van der Waals surface area contributed by atoms with Gasteiger partial charge in [0, 0.05) is 61.9 Å². The fourth-order valence-electron chi connectivity index (χ4n) is 8.54. The highest BCUT2D eigenvalue weighted by Gasteiger charge is 2.49. The van der Waals surface area contributed by atoms with E-state index in [9.17, 15) is 19.2 Å². The molecule has 1 spiro atoms. The first-order valence-electron chi connectivity index (χ1n) is 19.2. The van der Waals surface area contributed by atoms with Crippen LogP contribution < -0.4 is 35.9 Å². The van der Waals surface area contributed by atoms with E-state index in [1.807, 2.05) is 45.2 Å². The minimum atomic E-state index is -0.455. The molecule has 0 bridgehead atoms. The van der Waals surface area contributed by atoms with Crippen LogP contribution in [0.5, 0.6) is 11.5 Å². The highest BCUT2D eigenvalue weighted by Crippen LogP contribution is 2.48. The zero-order valence-corrected chi connectivity index (χ0v) is 33.2. The lowest BCUT2D eigenvalue weighted by molar-refractivity contribution is -0.134. The van der Waals surface area contributed by atoms with Crippen molar-refractivity contribution in [3.8, 4) is 11.5 Å². The van der Waals surface area contributed by atoms with Crippen LogP contribution in [0.1, 0.15) is 70.5 Å². The van der Waals surface area contributed by atoms with E-state index in [1.54, 1.807) is 23.1 Å². The summed E-state index contributed by atoms with van der Waals surface area (Å²) in [5.74, 6) is 0.791. The molecule has 4 aromatic heterocycles. The number of imide groups is 1. The first kappa shape index (κ1) is 38.1. The van der Waals surface area contributed by atoms with Crippen LogP contribution >= 0.6 is 11.6 Å². The lowest BCUT2D eigenvalue weighted by Gasteiger charge is -2.55. The first-order chi connectivity index (χ1) is 27.3. The van der Waals surface area contributed by atoms with Gasteiger partial charge in [-0.05, 0) is 69.7 Å². The Hall–Kier alpha value is -5.77. The number of aryl methyl sites for hydroxylation is 1. The lowest BCUT2D eigenvalue weighted by Crippen LogP contribution is -2.60. The molecule has 1 aliphatic carbocycles. The molecule has 5 aromatic rings. The van der Waals surface area contributed by atoms with Gasteiger partial charge in [-0.15, -0.1) is 0 Å². The van der Waals surface area contributed by atoms with Crippen LogP contribution in [-0.4, -0.2) is 79.9 Å². The smallest absolute Gasteiger partial charge is 0.294 e. The molecule has 8 rings (SSSR count). The van der Waals surface area contributed by atoms with Crippen molar-refractivity contribution in [1.29, 1.82) is 0 Å². The number of carbonyl (C=O) groups excluding carboxylic acids is 3. The van der Waals surface area contributed by atoms with Gasteiger partial charge in [0.15, 0.2) is 18.2 Å². The highest BCUT2D eigenvalue weighted by molar-refractivity contribution is 6.33. The summed E-state index contributed by atoms with van der Waals surface area (Å²) in [5, 5.41) is 14.7. The minimum absolute atomic E-state index is 0.0519. The number of hydrogen-bond acceptors (Lipinski definition) is 12. The molecule has 3 aliphatic rings. The molecular formula is C40H45ClN10O6. The molecule has 298 valence electrons. The number of amides is 3. The van der Waals surface area contributed by atoms with Crippen molar-refractivity contribution in [3.05, 3.63) is 63.8 Å². The Bertz CT molecular complexity index is 2480. The number of hydrogen-bond donors (Lipinski definition) is 3. The van der Waals surface area contributed by atoms with E-state index in [1.165, 1.54) is 11.6 Å². The minimum Gasteiger partial charge on any atom is -0.490 e. The number of benzene rings is 1. The first-order valence-corrected chi connectivity index (χ1v) is 19.6. The number of nitrogens with zero attached hydrogens (tertiary/aromatic N) is 7. The largest absolute Gasteiger partial charge is 0.490 e. The van der Waals surface area contributed by atoms with Crippen LogP contribution in [-0.2, 0) is 21.4 Å². The third kappa shape index (κ3) is 7.33. The van der Waals surface area contributed by atoms with E-state index < -0.39 is 5.92 Å². The lowest BCUT2D eigenvalue weighted by atomic mass is 9.64. The van der Waals surface area contributed by atoms with Crippen LogP contribution in [0.3, 0.4) is 0 Å². The maximum Gasteiger partial charge on any atom is 0.294 e. The van der Waals surface area contributed by atoms with Crippen molar-refractivity contribution >= 4 is 68.7 Å². The van der Waals surface area contributed by atoms with Crippen LogP contribution in [0.15, 0.2) is 47.5 Å². The van der Waals surface area contributed by atoms with Crippen LogP contribution in [0, 0.1) is 11.3 Å². The van der Waals surface area contributed by atoms with E-state index in [2.05, 4.69) is 42.8 Å². The van der Waals surface area contributed by atoms with Gasteiger partial charge in [0.25, 0.3) is 11.5 Å². The Labute approximate surface area is 333 Å². The number of pyridine rings is 2. The Morgan fingerprint density at radius 2 is 1.91 bits per heavy atom. The molecule has 2 aliphatic heterocycles. The van der Waals surface area contributed by atoms with Gasteiger partial charge in [-0.25, -0.2) is 9.97 Å². The number of piperidine rings is 1. The quantitative estimate of drug-likeness (QED) is 0.165. The summed E-state index contributed by atoms with van der Waals surface area (Å²) < 4.78 is 15.5. The Morgan fingerprint density at radius 1 is 1.11 bits per heavy atom. The van der Waals surface area contributed by atoms with Crippen molar-refractivity contribution in [3.63, 3.8) is 0 Å². The third-order valence-electron chi connectivity index (χ3n) is 11.4. The average molecular weight is 797 g/mol. The zero-order valence-electron chi connectivity index (χ0n) is 32.5. The molecule has 3 unspecified atom stereocenters. The molecule has 3 fully saturated rings. The third-order valence-corrected chi connectivity index (χ3v) is 11.7. The number of nitrogens with one attached hydrogen (secondary N) is 3. The molecular weight excluding hydrogens is 752 g/mol. The molecule has 0 radical (unpaired) electrons. The number of anilines is 3. The van der Waals surface area contributed by atoms with Crippen molar-refractivity contribution in [2.45, 2.75) is 70.9 Å². The summed E-state index contributed by atoms with van der Waals surface area (Å²) in [6.07, 6.45) is 6.93. The summed E-state index contributed by atoms with van der Waals surface area (Å²) >= 11 is 6.58. The number of halogens is 1. The SMILES string of the molecule is CNC(=O)COc1cc2cc(Nc3nc(N4CC5(CCC(Oc6ccc7c(C8CCC(=O)NC8=O)nn(C)c7c6)C(C)C5)C4)ncc3Cl)cnc2n(C(C)C)c1=O. The summed E-state index contributed by atoms with van der Waals surface area (Å²) in [6, 6.07) is 9.12. The fourth-order valence-corrected chi connectivity index (χ4v) is 8.68. The van der Waals surface area contributed by atoms with Crippen molar-refractivity contribution in [1.82, 2.24) is 39.9 Å². The summed E-state index contributed by atoms with van der Waals surface area (Å²) in [5.41, 5.74) is 2.41. The van der Waals surface area contributed by atoms with E-state index in [4.69, 9.17) is 26.1 Å².